The van der Waals surface area contributed by atoms with E-state index >= 15 is 0 Å². The Morgan fingerprint density at radius 3 is 2.26 bits per heavy atom. The van der Waals surface area contributed by atoms with Crippen LogP contribution in [0.5, 0.6) is 23.0 Å². The molecule has 0 atom stereocenters. The van der Waals surface area contributed by atoms with Crippen LogP contribution in [-0.4, -0.2) is 14.2 Å². The van der Waals surface area contributed by atoms with E-state index in [-0.39, 0.29) is 0 Å². The first-order valence-corrected chi connectivity index (χ1v) is 5.90. The molecule has 4 nitrogen and oxygen atoms in total. The van der Waals surface area contributed by atoms with Gasteiger partial charge in [-0.25, -0.2) is 0 Å². The quantitative estimate of drug-likeness (QED) is 0.855. The number of nitrogens with two attached hydrogens (primary N) is 1. The second-order valence-electron chi connectivity index (χ2n) is 4.16. The fourth-order valence-electron chi connectivity index (χ4n) is 1.74. The minimum absolute atomic E-state index is 0.575. The summed E-state index contributed by atoms with van der Waals surface area (Å²) in [5.41, 5.74) is 7.45. The largest absolute Gasteiger partial charge is 0.494 e. The van der Waals surface area contributed by atoms with E-state index in [1.54, 1.807) is 32.4 Å². The Morgan fingerprint density at radius 1 is 0.842 bits per heavy atom. The highest BCUT2D eigenvalue weighted by atomic mass is 16.5. The lowest BCUT2D eigenvalue weighted by atomic mass is 10.2. The molecular formula is C15H17NO3. The van der Waals surface area contributed by atoms with E-state index in [4.69, 9.17) is 19.9 Å². The molecule has 2 aromatic carbocycles. The molecule has 100 valence electrons. The van der Waals surface area contributed by atoms with E-state index in [1.807, 2.05) is 25.1 Å². The molecule has 4 heteroatoms. The molecule has 0 aliphatic carbocycles. The highest BCUT2D eigenvalue weighted by Crippen LogP contribution is 2.34. The number of rotatable bonds is 4. The number of ether oxygens (including phenoxy) is 3. The van der Waals surface area contributed by atoms with Gasteiger partial charge in [-0.3, -0.25) is 0 Å². The number of benzene rings is 2. The zero-order chi connectivity index (χ0) is 13.8. The molecule has 0 aliphatic rings. The first kappa shape index (κ1) is 13.1. The molecule has 0 saturated carbocycles. The maximum Gasteiger partial charge on any atom is 0.169 e. The van der Waals surface area contributed by atoms with Gasteiger partial charge in [0.1, 0.15) is 11.5 Å². The number of methoxy groups -OCH3 is 2. The molecule has 0 amide bonds. The summed E-state index contributed by atoms with van der Waals surface area (Å²) in [6.07, 6.45) is 0. The van der Waals surface area contributed by atoms with Crippen molar-refractivity contribution in [3.8, 4) is 23.0 Å². The van der Waals surface area contributed by atoms with Crippen LogP contribution in [-0.2, 0) is 0 Å². The number of hydrogen-bond donors (Lipinski definition) is 1. The normalized spacial score (nSPS) is 10.1. The maximum absolute atomic E-state index is 5.79. The maximum atomic E-state index is 5.79. The first-order valence-electron chi connectivity index (χ1n) is 5.90. The van der Waals surface area contributed by atoms with Crippen molar-refractivity contribution in [3.05, 3.63) is 42.0 Å². The Kier molecular flexibility index (Phi) is 3.80. The molecule has 0 spiro atoms. The lowest BCUT2D eigenvalue weighted by Gasteiger charge is -2.12. The van der Waals surface area contributed by atoms with Crippen molar-refractivity contribution < 1.29 is 14.2 Å². The number of nitrogen functional groups attached to an aromatic ring is 1. The van der Waals surface area contributed by atoms with Crippen molar-refractivity contribution in [2.75, 3.05) is 20.0 Å². The summed E-state index contributed by atoms with van der Waals surface area (Å²) in [5, 5.41) is 0. The van der Waals surface area contributed by atoms with Gasteiger partial charge in [0.25, 0.3) is 0 Å². The second-order valence-corrected chi connectivity index (χ2v) is 4.16. The van der Waals surface area contributed by atoms with Gasteiger partial charge >= 0.3 is 0 Å². The van der Waals surface area contributed by atoms with Crippen LogP contribution >= 0.6 is 0 Å². The Morgan fingerprint density at radius 2 is 1.58 bits per heavy atom. The third-order valence-corrected chi connectivity index (χ3v) is 2.75. The van der Waals surface area contributed by atoms with Crippen LogP contribution < -0.4 is 19.9 Å². The molecule has 0 aromatic heterocycles. The first-order chi connectivity index (χ1) is 9.13. The topological polar surface area (TPSA) is 53.7 Å². The van der Waals surface area contributed by atoms with Crippen LogP contribution in [0.2, 0.25) is 0 Å². The molecule has 0 heterocycles. The van der Waals surface area contributed by atoms with Crippen molar-refractivity contribution in [2.24, 2.45) is 0 Å². The SMILES string of the molecule is COc1cc(Oc2ccc(C)cc2OC)ccc1N. The summed E-state index contributed by atoms with van der Waals surface area (Å²) in [6.45, 7) is 2.00. The van der Waals surface area contributed by atoms with Gasteiger partial charge < -0.3 is 19.9 Å². The molecule has 0 unspecified atom stereocenters. The van der Waals surface area contributed by atoms with Gasteiger partial charge in [0.2, 0.25) is 0 Å². The summed E-state index contributed by atoms with van der Waals surface area (Å²) in [4.78, 5) is 0. The zero-order valence-electron chi connectivity index (χ0n) is 11.3. The highest BCUT2D eigenvalue weighted by molar-refractivity contribution is 5.56. The minimum Gasteiger partial charge on any atom is -0.494 e. The fraction of sp³-hybridized carbons (Fsp3) is 0.200. The van der Waals surface area contributed by atoms with Crippen LogP contribution in [0.1, 0.15) is 5.56 Å². The van der Waals surface area contributed by atoms with Gasteiger partial charge in [0.05, 0.1) is 19.9 Å². The molecule has 0 fully saturated rings. The van der Waals surface area contributed by atoms with E-state index in [1.165, 1.54) is 0 Å². The van der Waals surface area contributed by atoms with Gasteiger partial charge in [-0.15, -0.1) is 0 Å². The van der Waals surface area contributed by atoms with Crippen LogP contribution in [0.4, 0.5) is 5.69 Å². The van der Waals surface area contributed by atoms with Gasteiger partial charge in [0, 0.05) is 6.07 Å². The molecule has 0 aliphatic heterocycles. The number of hydrogen-bond acceptors (Lipinski definition) is 4. The number of anilines is 1. The predicted molar refractivity (Wildman–Crippen MR) is 75.2 cm³/mol. The third-order valence-electron chi connectivity index (χ3n) is 2.75. The summed E-state index contributed by atoms with van der Waals surface area (Å²) in [6, 6.07) is 11.0. The zero-order valence-corrected chi connectivity index (χ0v) is 11.3. The Hall–Kier alpha value is -2.36. The molecule has 2 aromatic rings. The van der Waals surface area contributed by atoms with Crippen LogP contribution in [0, 0.1) is 6.92 Å². The lowest BCUT2D eigenvalue weighted by Crippen LogP contribution is -1.94. The average molecular weight is 259 g/mol. The standard InChI is InChI=1S/C15H17NO3/c1-10-4-7-13(15(8-10)18-3)19-11-5-6-12(16)14(9-11)17-2/h4-9H,16H2,1-3H3. The lowest BCUT2D eigenvalue weighted by molar-refractivity contribution is 0.376. The van der Waals surface area contributed by atoms with Crippen LogP contribution in [0.3, 0.4) is 0 Å². The molecule has 19 heavy (non-hydrogen) atoms. The average Bonchev–Trinajstić information content (AvgIpc) is 2.42. The molecule has 0 saturated heterocycles. The van der Waals surface area contributed by atoms with Crippen molar-refractivity contribution in [2.45, 2.75) is 6.92 Å². The predicted octanol–water partition coefficient (Wildman–Crippen LogP) is 3.39. The van der Waals surface area contributed by atoms with Gasteiger partial charge in [-0.2, -0.15) is 0 Å². The van der Waals surface area contributed by atoms with E-state index in [2.05, 4.69) is 0 Å². The Labute approximate surface area is 112 Å². The van der Waals surface area contributed by atoms with Crippen LogP contribution in [0.15, 0.2) is 36.4 Å². The summed E-state index contributed by atoms with van der Waals surface area (Å²) in [7, 11) is 3.19. The van der Waals surface area contributed by atoms with Gasteiger partial charge in [-0.1, -0.05) is 6.07 Å². The van der Waals surface area contributed by atoms with E-state index in [0.29, 0.717) is 28.7 Å². The monoisotopic (exact) mass is 259 g/mol. The molecule has 2 N–H and O–H groups in total. The molecule has 2 rings (SSSR count). The second kappa shape index (κ2) is 5.52. The summed E-state index contributed by atoms with van der Waals surface area (Å²) < 4.78 is 16.3. The molecular weight excluding hydrogens is 242 g/mol. The smallest absolute Gasteiger partial charge is 0.169 e. The van der Waals surface area contributed by atoms with E-state index in [9.17, 15) is 0 Å². The number of aryl methyl sites for hydroxylation is 1. The Bertz CT molecular complexity index is 582. The van der Waals surface area contributed by atoms with Crippen molar-refractivity contribution in [3.63, 3.8) is 0 Å². The van der Waals surface area contributed by atoms with Gasteiger partial charge in [0.15, 0.2) is 11.5 Å². The van der Waals surface area contributed by atoms with Crippen LogP contribution in [0.25, 0.3) is 0 Å². The van der Waals surface area contributed by atoms with Crippen molar-refractivity contribution in [1.82, 2.24) is 0 Å². The summed E-state index contributed by atoms with van der Waals surface area (Å²) in [5.74, 6) is 2.58. The van der Waals surface area contributed by atoms with Crippen molar-refractivity contribution >= 4 is 5.69 Å². The summed E-state index contributed by atoms with van der Waals surface area (Å²) >= 11 is 0. The molecule has 0 radical (unpaired) electrons. The molecule has 0 bridgehead atoms. The van der Waals surface area contributed by atoms with E-state index in [0.717, 1.165) is 5.56 Å². The third kappa shape index (κ3) is 2.91. The fourth-order valence-corrected chi connectivity index (χ4v) is 1.74. The van der Waals surface area contributed by atoms with Crippen molar-refractivity contribution in [1.29, 1.82) is 0 Å². The Balaban J connectivity index is 2.30. The minimum atomic E-state index is 0.575. The van der Waals surface area contributed by atoms with E-state index < -0.39 is 0 Å². The van der Waals surface area contributed by atoms with Gasteiger partial charge in [-0.05, 0) is 36.8 Å². The highest BCUT2D eigenvalue weighted by Gasteiger charge is 2.07.